The molecule has 1 aliphatic carbocycles. The monoisotopic (exact) mass is 290 g/mol. The smallest absolute Gasteiger partial charge is 0.319 e. The van der Waals surface area contributed by atoms with Gasteiger partial charge in [0, 0.05) is 10.7 Å². The molecule has 4 heteroatoms. The number of ether oxygens (including phenoxy) is 1. The van der Waals surface area contributed by atoms with Crippen LogP contribution in [0.25, 0.3) is 0 Å². The van der Waals surface area contributed by atoms with Gasteiger partial charge in [0.2, 0.25) is 0 Å². The quantitative estimate of drug-likeness (QED) is 0.456. The minimum atomic E-state index is -0.983. The van der Waals surface area contributed by atoms with Gasteiger partial charge in [0.05, 0.1) is 6.61 Å². The molecule has 0 N–H and O–H groups in total. The summed E-state index contributed by atoms with van der Waals surface area (Å²) in [4.78, 5) is 23.9. The highest BCUT2D eigenvalue weighted by molar-refractivity contribution is 9.10. The molecule has 1 rings (SSSR count). The summed E-state index contributed by atoms with van der Waals surface area (Å²) < 4.78 is 4.81. The lowest BCUT2D eigenvalue weighted by molar-refractivity contribution is -0.160. The molecule has 0 aliphatic heterocycles. The molecule has 0 aromatic rings. The van der Waals surface area contributed by atoms with Crippen LogP contribution in [0.4, 0.5) is 0 Å². The first-order valence-electron chi connectivity index (χ1n) is 5.64. The Morgan fingerprint density at radius 2 is 2.19 bits per heavy atom. The van der Waals surface area contributed by atoms with Crippen LogP contribution in [0.3, 0.4) is 0 Å². The molecule has 0 unspecified atom stereocenters. The Hall–Kier alpha value is -0.380. The van der Waals surface area contributed by atoms with Crippen LogP contribution in [0.1, 0.15) is 40.5 Å². The normalized spacial score (nSPS) is 30.6. The van der Waals surface area contributed by atoms with Crippen LogP contribution in [-0.4, -0.2) is 22.7 Å². The van der Waals surface area contributed by atoms with Crippen molar-refractivity contribution in [1.29, 1.82) is 0 Å². The van der Waals surface area contributed by atoms with Gasteiger partial charge in [0.25, 0.3) is 0 Å². The molecule has 16 heavy (non-hydrogen) atoms. The van der Waals surface area contributed by atoms with E-state index in [1.54, 1.807) is 13.8 Å². The molecular weight excluding hydrogens is 272 g/mol. The first-order valence-corrected chi connectivity index (χ1v) is 6.43. The van der Waals surface area contributed by atoms with E-state index in [-0.39, 0.29) is 22.0 Å². The minimum absolute atomic E-state index is 0.00322. The lowest BCUT2D eigenvalue weighted by Crippen LogP contribution is -2.45. The highest BCUT2D eigenvalue weighted by Gasteiger charge is 2.57. The molecule has 0 radical (unpaired) electrons. The van der Waals surface area contributed by atoms with Crippen LogP contribution >= 0.6 is 15.9 Å². The molecule has 0 saturated heterocycles. The molecular formula is C12H19BrO3. The zero-order valence-corrected chi connectivity index (χ0v) is 11.9. The largest absolute Gasteiger partial charge is 0.465 e. The van der Waals surface area contributed by atoms with Crippen molar-refractivity contribution >= 4 is 27.7 Å². The topological polar surface area (TPSA) is 43.4 Å². The zero-order chi connectivity index (χ0) is 12.6. The molecule has 0 aromatic heterocycles. The predicted octanol–water partition coefficient (Wildman–Crippen LogP) is 2.71. The van der Waals surface area contributed by atoms with E-state index in [1.807, 2.05) is 13.8 Å². The maximum Gasteiger partial charge on any atom is 0.319 e. The Balaban J connectivity index is 3.05. The third-order valence-electron chi connectivity index (χ3n) is 3.46. The fourth-order valence-corrected chi connectivity index (χ4v) is 3.27. The number of ketones is 1. The van der Waals surface area contributed by atoms with Gasteiger partial charge in [-0.2, -0.15) is 0 Å². The fraction of sp³-hybridized carbons (Fsp3) is 0.833. The van der Waals surface area contributed by atoms with E-state index in [2.05, 4.69) is 15.9 Å². The number of hydrogen-bond donors (Lipinski definition) is 0. The molecule has 3 nitrogen and oxygen atoms in total. The number of Topliss-reactive ketones (excluding diaryl/α,β-unsaturated/α-hetero) is 1. The highest BCUT2D eigenvalue weighted by atomic mass is 79.9. The Bertz CT molecular complexity index is 306. The third-order valence-corrected chi connectivity index (χ3v) is 4.02. The summed E-state index contributed by atoms with van der Waals surface area (Å²) in [6, 6.07) is 0. The van der Waals surface area contributed by atoms with Crippen molar-refractivity contribution in [3.8, 4) is 0 Å². The van der Waals surface area contributed by atoms with Crippen LogP contribution in [0.5, 0.6) is 0 Å². The van der Waals surface area contributed by atoms with E-state index < -0.39 is 5.41 Å². The Kier molecular flexibility index (Phi) is 3.83. The van der Waals surface area contributed by atoms with Crippen molar-refractivity contribution in [2.75, 3.05) is 6.61 Å². The van der Waals surface area contributed by atoms with Gasteiger partial charge in [-0.1, -0.05) is 15.9 Å². The average molecular weight is 291 g/mol. The van der Waals surface area contributed by atoms with Gasteiger partial charge in [-0.15, -0.1) is 0 Å². The van der Waals surface area contributed by atoms with Gasteiger partial charge in [-0.25, -0.2) is 0 Å². The summed E-state index contributed by atoms with van der Waals surface area (Å²) in [5, 5.41) is 0. The highest BCUT2D eigenvalue weighted by Crippen LogP contribution is 2.49. The van der Waals surface area contributed by atoms with Crippen LogP contribution in [0.15, 0.2) is 0 Å². The Morgan fingerprint density at radius 1 is 1.62 bits per heavy atom. The summed E-state index contributed by atoms with van der Waals surface area (Å²) in [6.07, 6.45) is 1.21. The van der Waals surface area contributed by atoms with E-state index in [4.69, 9.17) is 4.74 Å². The lowest BCUT2D eigenvalue weighted by Gasteiger charge is -2.35. The van der Waals surface area contributed by atoms with Crippen molar-refractivity contribution in [2.45, 2.75) is 44.9 Å². The fourth-order valence-electron chi connectivity index (χ4n) is 2.58. The molecule has 0 spiro atoms. The molecule has 0 bridgehead atoms. The van der Waals surface area contributed by atoms with Gasteiger partial charge in [-0.3, -0.25) is 9.59 Å². The van der Waals surface area contributed by atoms with Crippen LogP contribution in [0.2, 0.25) is 0 Å². The molecule has 92 valence electrons. The molecule has 0 amide bonds. The van der Waals surface area contributed by atoms with E-state index >= 15 is 0 Å². The predicted molar refractivity (Wildman–Crippen MR) is 65.5 cm³/mol. The molecule has 0 heterocycles. The minimum Gasteiger partial charge on any atom is -0.465 e. The first-order chi connectivity index (χ1) is 7.24. The first kappa shape index (κ1) is 13.7. The Labute approximate surface area is 105 Å². The summed E-state index contributed by atoms with van der Waals surface area (Å²) >= 11 is 3.57. The second kappa shape index (κ2) is 4.47. The lowest BCUT2D eigenvalue weighted by atomic mass is 9.73. The van der Waals surface area contributed by atoms with Crippen LogP contribution in [0, 0.1) is 11.3 Å². The standard InChI is InChI=1S/C12H19BrO3/c1-5-16-10(15)12(4)8(11(2,3)13)6-7-9(12)14/h8H,5-7H2,1-4H3/t8-,12-/m1/s1. The second-order valence-corrected chi connectivity index (χ2v) is 7.05. The summed E-state index contributed by atoms with van der Waals surface area (Å²) in [6.45, 7) is 7.78. The Morgan fingerprint density at radius 3 is 2.62 bits per heavy atom. The van der Waals surface area contributed by atoms with Crippen molar-refractivity contribution < 1.29 is 14.3 Å². The van der Waals surface area contributed by atoms with Gasteiger partial charge in [0.1, 0.15) is 11.2 Å². The summed E-state index contributed by atoms with van der Waals surface area (Å²) in [7, 11) is 0. The number of carbonyl (C=O) groups excluding carboxylic acids is 2. The molecule has 1 aliphatic rings. The maximum atomic E-state index is 12.0. The van der Waals surface area contributed by atoms with Crippen LogP contribution < -0.4 is 0 Å². The number of carbonyl (C=O) groups is 2. The van der Waals surface area contributed by atoms with Crippen molar-refractivity contribution in [3.05, 3.63) is 0 Å². The number of rotatable bonds is 3. The second-order valence-electron chi connectivity index (χ2n) is 5.00. The molecule has 1 fully saturated rings. The number of esters is 1. The third kappa shape index (κ3) is 2.17. The SMILES string of the molecule is CCOC(=O)[C@@]1(C)C(=O)CC[C@@H]1C(C)(C)Br. The van der Waals surface area contributed by atoms with Crippen LogP contribution in [-0.2, 0) is 14.3 Å². The molecule has 0 aromatic carbocycles. The van der Waals surface area contributed by atoms with E-state index in [1.165, 1.54) is 0 Å². The number of alkyl halides is 1. The van der Waals surface area contributed by atoms with E-state index in [9.17, 15) is 9.59 Å². The van der Waals surface area contributed by atoms with Gasteiger partial charge in [-0.05, 0) is 40.0 Å². The van der Waals surface area contributed by atoms with E-state index in [0.717, 1.165) is 6.42 Å². The molecule has 2 atom stereocenters. The maximum absolute atomic E-state index is 12.0. The van der Waals surface area contributed by atoms with Gasteiger partial charge in [0.15, 0.2) is 0 Å². The van der Waals surface area contributed by atoms with E-state index in [0.29, 0.717) is 13.0 Å². The number of halogens is 1. The van der Waals surface area contributed by atoms with Gasteiger partial charge < -0.3 is 4.74 Å². The zero-order valence-electron chi connectivity index (χ0n) is 10.3. The summed E-state index contributed by atoms with van der Waals surface area (Å²) in [5.41, 5.74) is -0.983. The van der Waals surface area contributed by atoms with Crippen molar-refractivity contribution in [2.24, 2.45) is 11.3 Å². The van der Waals surface area contributed by atoms with Gasteiger partial charge >= 0.3 is 5.97 Å². The number of hydrogen-bond acceptors (Lipinski definition) is 3. The summed E-state index contributed by atoms with van der Waals surface area (Å²) in [5.74, 6) is -0.384. The average Bonchev–Trinajstić information content (AvgIpc) is 2.44. The van der Waals surface area contributed by atoms with Crippen molar-refractivity contribution in [3.63, 3.8) is 0 Å². The molecule has 1 saturated carbocycles. The van der Waals surface area contributed by atoms with Crippen molar-refractivity contribution in [1.82, 2.24) is 0 Å².